The lowest BCUT2D eigenvalue weighted by molar-refractivity contribution is -0.130. The molecule has 1 saturated heterocycles. The van der Waals surface area contributed by atoms with E-state index in [9.17, 15) is 4.79 Å². The molecule has 0 unspecified atom stereocenters. The monoisotopic (exact) mass is 431 g/mol. The second-order valence-electron chi connectivity index (χ2n) is 6.55. The van der Waals surface area contributed by atoms with E-state index in [2.05, 4.69) is 23.1 Å². The van der Waals surface area contributed by atoms with Gasteiger partial charge in [-0.25, -0.2) is 5.01 Å². The van der Waals surface area contributed by atoms with Gasteiger partial charge < -0.3 is 9.64 Å². The van der Waals surface area contributed by atoms with E-state index in [1.165, 1.54) is 11.8 Å². The van der Waals surface area contributed by atoms with Crippen molar-refractivity contribution >= 4 is 51.3 Å². The highest BCUT2D eigenvalue weighted by atomic mass is 32.2. The van der Waals surface area contributed by atoms with Crippen LogP contribution in [0.4, 0.5) is 0 Å². The first kappa shape index (κ1) is 19.6. The third-order valence-electron chi connectivity index (χ3n) is 4.74. The lowest BCUT2D eigenvalue weighted by Crippen LogP contribution is -2.39. The first-order valence-corrected chi connectivity index (χ1v) is 11.5. The van der Waals surface area contributed by atoms with Crippen molar-refractivity contribution < 1.29 is 9.53 Å². The summed E-state index contributed by atoms with van der Waals surface area (Å²) in [6.07, 6.45) is 0.731. The Labute approximate surface area is 178 Å². The van der Waals surface area contributed by atoms with Gasteiger partial charge in [0.25, 0.3) is 5.91 Å². The summed E-state index contributed by atoms with van der Waals surface area (Å²) < 4.78 is 6.12. The van der Waals surface area contributed by atoms with Gasteiger partial charge in [-0.05, 0) is 17.0 Å². The minimum Gasteiger partial charge on any atom is -0.378 e. The van der Waals surface area contributed by atoms with Gasteiger partial charge in [-0.3, -0.25) is 4.79 Å². The molecular formula is C20H21N3O2S3. The number of thiocarbonyl (C=S) groups is 1. The molecule has 0 N–H and O–H groups in total. The van der Waals surface area contributed by atoms with Crippen molar-refractivity contribution in [2.45, 2.75) is 12.5 Å². The Morgan fingerprint density at radius 3 is 2.71 bits per heavy atom. The van der Waals surface area contributed by atoms with E-state index in [0.29, 0.717) is 19.0 Å². The van der Waals surface area contributed by atoms with Crippen LogP contribution in [0.5, 0.6) is 0 Å². The maximum Gasteiger partial charge on any atom is 0.253 e. The average Bonchev–Trinajstić information content (AvgIpc) is 3.43. The van der Waals surface area contributed by atoms with Crippen LogP contribution in [0.2, 0.25) is 0 Å². The topological polar surface area (TPSA) is 45.1 Å². The first-order chi connectivity index (χ1) is 13.7. The van der Waals surface area contributed by atoms with Crippen molar-refractivity contribution in [3.63, 3.8) is 0 Å². The number of thiophene rings is 1. The molecule has 1 aromatic carbocycles. The highest BCUT2D eigenvalue weighted by Gasteiger charge is 2.33. The van der Waals surface area contributed by atoms with Gasteiger partial charge in [0.2, 0.25) is 0 Å². The van der Waals surface area contributed by atoms with E-state index in [4.69, 9.17) is 22.1 Å². The summed E-state index contributed by atoms with van der Waals surface area (Å²) in [5, 5.41) is 8.39. The minimum absolute atomic E-state index is 0.0129. The molecule has 1 amide bonds. The predicted octanol–water partition coefficient (Wildman–Crippen LogP) is 3.78. The Bertz CT molecular complexity index is 849. The summed E-state index contributed by atoms with van der Waals surface area (Å²) in [6, 6.07) is 14.1. The Balaban J connectivity index is 1.47. The molecule has 0 aliphatic carbocycles. The van der Waals surface area contributed by atoms with E-state index >= 15 is 0 Å². The zero-order valence-electron chi connectivity index (χ0n) is 15.3. The molecule has 8 heteroatoms. The van der Waals surface area contributed by atoms with Crippen molar-refractivity contribution in [2.75, 3.05) is 32.1 Å². The number of thioether (sulfide) groups is 1. The highest BCUT2D eigenvalue weighted by Crippen LogP contribution is 2.34. The first-order valence-electron chi connectivity index (χ1n) is 9.20. The molecule has 1 atom stereocenters. The molecule has 2 aliphatic heterocycles. The average molecular weight is 432 g/mol. The smallest absolute Gasteiger partial charge is 0.253 e. The molecule has 2 aromatic rings. The fraction of sp³-hybridized carbons (Fsp3) is 0.350. The van der Waals surface area contributed by atoms with Gasteiger partial charge in [-0.2, -0.15) is 5.10 Å². The van der Waals surface area contributed by atoms with Crippen LogP contribution in [0.15, 0.2) is 52.9 Å². The Kier molecular flexibility index (Phi) is 6.41. The predicted molar refractivity (Wildman–Crippen MR) is 119 cm³/mol. The number of hydrogen-bond donors (Lipinski definition) is 0. The number of hydrogen-bond acceptors (Lipinski definition) is 6. The van der Waals surface area contributed by atoms with Crippen LogP contribution in [-0.2, 0) is 9.53 Å². The SMILES string of the molecule is O=C(CSC(=S)N1CCOCC1)N1N=C(c2cccs2)C[C@H]1c1ccccc1. The Morgan fingerprint density at radius 1 is 1.21 bits per heavy atom. The van der Waals surface area contributed by atoms with Crippen molar-refractivity contribution in [3.8, 4) is 0 Å². The number of carbonyl (C=O) groups excluding carboxylic acids is 1. The number of rotatable bonds is 4. The summed E-state index contributed by atoms with van der Waals surface area (Å²) in [5.74, 6) is 0.279. The maximum atomic E-state index is 13.0. The number of ether oxygens (including phenoxy) is 1. The van der Waals surface area contributed by atoms with Crippen molar-refractivity contribution in [2.24, 2.45) is 5.10 Å². The standard InChI is InChI=1S/C20H21N3O2S3/c24-19(14-28-20(26)22-8-10-25-11-9-22)23-17(15-5-2-1-3-6-15)13-16(21-23)18-7-4-12-27-18/h1-7,12,17H,8-11,13-14H2/t17-/m0/s1. The van der Waals surface area contributed by atoms with E-state index in [0.717, 1.165) is 40.0 Å². The molecule has 146 valence electrons. The highest BCUT2D eigenvalue weighted by molar-refractivity contribution is 8.23. The number of benzene rings is 1. The van der Waals surface area contributed by atoms with E-state index in [-0.39, 0.29) is 11.9 Å². The quantitative estimate of drug-likeness (QED) is 0.690. The maximum absolute atomic E-state index is 13.0. The van der Waals surface area contributed by atoms with Gasteiger partial charge >= 0.3 is 0 Å². The molecule has 1 aromatic heterocycles. The van der Waals surface area contributed by atoms with Gasteiger partial charge in [0.15, 0.2) is 0 Å². The lowest BCUT2D eigenvalue weighted by atomic mass is 10.0. The number of amides is 1. The van der Waals surface area contributed by atoms with Gasteiger partial charge in [0.05, 0.1) is 35.6 Å². The molecule has 28 heavy (non-hydrogen) atoms. The van der Waals surface area contributed by atoms with Crippen LogP contribution in [-0.4, -0.2) is 57.9 Å². The molecular weight excluding hydrogens is 410 g/mol. The van der Waals surface area contributed by atoms with Crippen LogP contribution < -0.4 is 0 Å². The van der Waals surface area contributed by atoms with Gasteiger partial charge in [0, 0.05) is 19.5 Å². The fourth-order valence-electron chi connectivity index (χ4n) is 3.29. The second-order valence-corrected chi connectivity index (χ2v) is 9.10. The Morgan fingerprint density at radius 2 is 2.00 bits per heavy atom. The lowest BCUT2D eigenvalue weighted by Gasteiger charge is -2.29. The van der Waals surface area contributed by atoms with Crippen molar-refractivity contribution in [1.82, 2.24) is 9.91 Å². The summed E-state index contributed by atoms with van der Waals surface area (Å²) in [5.41, 5.74) is 2.07. The van der Waals surface area contributed by atoms with E-state index < -0.39 is 0 Å². The largest absolute Gasteiger partial charge is 0.378 e. The number of hydrazone groups is 1. The minimum atomic E-state index is -0.0663. The molecule has 5 nitrogen and oxygen atoms in total. The molecule has 3 heterocycles. The molecule has 0 spiro atoms. The summed E-state index contributed by atoms with van der Waals surface area (Å²) in [4.78, 5) is 16.3. The summed E-state index contributed by atoms with van der Waals surface area (Å²) in [6.45, 7) is 2.95. The number of morpholine rings is 1. The molecule has 0 radical (unpaired) electrons. The molecule has 1 fully saturated rings. The van der Waals surface area contributed by atoms with Crippen molar-refractivity contribution in [3.05, 3.63) is 58.3 Å². The summed E-state index contributed by atoms with van der Waals surface area (Å²) in [7, 11) is 0. The Hall–Kier alpha value is -1.74. The number of carbonyl (C=O) groups is 1. The third kappa shape index (κ3) is 4.46. The molecule has 2 aliphatic rings. The van der Waals surface area contributed by atoms with Crippen LogP contribution in [0.25, 0.3) is 0 Å². The van der Waals surface area contributed by atoms with Gasteiger partial charge in [-0.15, -0.1) is 11.3 Å². The van der Waals surface area contributed by atoms with Crippen LogP contribution in [0.3, 0.4) is 0 Å². The summed E-state index contributed by atoms with van der Waals surface area (Å²) >= 11 is 8.58. The van der Waals surface area contributed by atoms with Gasteiger partial charge in [0.1, 0.15) is 4.32 Å². The van der Waals surface area contributed by atoms with Gasteiger partial charge in [-0.1, -0.05) is 60.4 Å². The van der Waals surface area contributed by atoms with E-state index in [1.54, 1.807) is 16.3 Å². The van der Waals surface area contributed by atoms with Crippen LogP contribution >= 0.6 is 35.3 Å². The van der Waals surface area contributed by atoms with Crippen molar-refractivity contribution in [1.29, 1.82) is 0 Å². The van der Waals surface area contributed by atoms with Crippen LogP contribution in [0, 0.1) is 0 Å². The number of nitrogens with zero attached hydrogens (tertiary/aromatic N) is 3. The normalized spacial score (nSPS) is 19.6. The zero-order valence-corrected chi connectivity index (χ0v) is 17.8. The molecule has 0 saturated carbocycles. The zero-order chi connectivity index (χ0) is 19.3. The molecule has 0 bridgehead atoms. The third-order valence-corrected chi connectivity index (χ3v) is 7.17. The van der Waals surface area contributed by atoms with E-state index in [1.807, 2.05) is 29.6 Å². The fourth-order valence-corrected chi connectivity index (χ4v) is 5.12. The molecule has 4 rings (SSSR count). The second kappa shape index (κ2) is 9.17. The van der Waals surface area contributed by atoms with Crippen LogP contribution in [0.1, 0.15) is 22.9 Å².